The summed E-state index contributed by atoms with van der Waals surface area (Å²) in [4.78, 5) is 14.9. The molecule has 4 nitrogen and oxygen atoms in total. The lowest BCUT2D eigenvalue weighted by Crippen LogP contribution is -2.36. The second kappa shape index (κ2) is 4.21. The summed E-state index contributed by atoms with van der Waals surface area (Å²) < 4.78 is 0. The Labute approximate surface area is 87.2 Å². The maximum absolute atomic E-state index is 10.4. The maximum atomic E-state index is 10.4. The largest absolute Gasteiger partial charge is 0.481 e. The first-order chi connectivity index (χ1) is 6.75. The fraction of sp³-hybridized carbons (Fsp3) is 0.778. The van der Waals surface area contributed by atoms with Crippen molar-refractivity contribution in [2.75, 3.05) is 5.75 Å². The van der Waals surface area contributed by atoms with Gasteiger partial charge in [0.1, 0.15) is 0 Å². The van der Waals surface area contributed by atoms with Gasteiger partial charge >= 0.3 is 5.97 Å². The molecule has 2 atom stereocenters. The first-order valence-electron chi connectivity index (χ1n) is 4.94. The van der Waals surface area contributed by atoms with Crippen molar-refractivity contribution in [2.45, 2.75) is 37.8 Å². The van der Waals surface area contributed by atoms with Crippen LogP contribution in [-0.2, 0) is 4.79 Å². The summed E-state index contributed by atoms with van der Waals surface area (Å²) in [7, 11) is 0. The Morgan fingerprint density at radius 3 is 3.07 bits per heavy atom. The smallest absolute Gasteiger partial charge is 0.313 e. The zero-order valence-corrected chi connectivity index (χ0v) is 8.72. The van der Waals surface area contributed by atoms with Crippen LogP contribution in [0.5, 0.6) is 0 Å². The van der Waals surface area contributed by atoms with Crippen molar-refractivity contribution in [2.24, 2.45) is 4.99 Å². The number of aliphatic carboxylic acids is 1. The minimum absolute atomic E-state index is 0.102. The molecule has 0 bridgehead atoms. The molecular formula is C9H14N2O2S. The molecule has 2 N–H and O–H groups in total. The Morgan fingerprint density at radius 1 is 1.57 bits per heavy atom. The molecule has 1 aliphatic carbocycles. The Kier molecular flexibility index (Phi) is 2.96. The monoisotopic (exact) mass is 214 g/mol. The van der Waals surface area contributed by atoms with Gasteiger partial charge in [-0.3, -0.25) is 9.79 Å². The Bertz CT molecular complexity index is 268. The van der Waals surface area contributed by atoms with E-state index in [4.69, 9.17) is 5.11 Å². The summed E-state index contributed by atoms with van der Waals surface area (Å²) >= 11 is 1.30. The summed E-state index contributed by atoms with van der Waals surface area (Å²) in [6, 6.07) is 0.875. The van der Waals surface area contributed by atoms with Gasteiger partial charge in [-0.25, -0.2) is 0 Å². The quantitative estimate of drug-likeness (QED) is 0.722. The fourth-order valence-corrected chi connectivity index (χ4v) is 2.69. The summed E-state index contributed by atoms with van der Waals surface area (Å²) in [6.07, 6.45) is 4.84. The van der Waals surface area contributed by atoms with E-state index in [2.05, 4.69) is 10.3 Å². The molecule has 2 rings (SSSR count). The van der Waals surface area contributed by atoms with Crippen LogP contribution >= 0.6 is 11.8 Å². The van der Waals surface area contributed by atoms with Crippen molar-refractivity contribution in [3.8, 4) is 0 Å². The van der Waals surface area contributed by atoms with Gasteiger partial charge in [0, 0.05) is 0 Å². The molecule has 2 unspecified atom stereocenters. The van der Waals surface area contributed by atoms with Crippen LogP contribution in [0, 0.1) is 0 Å². The standard InChI is InChI=1S/C9H14N2O2S/c12-8(13)5-14-9-10-6-3-1-2-4-7(6)11-9/h6-7H,1-5H2,(H,10,11)(H,12,13). The van der Waals surface area contributed by atoms with Crippen molar-refractivity contribution in [3.05, 3.63) is 0 Å². The lowest BCUT2D eigenvalue weighted by Gasteiger charge is -2.22. The number of hydrogen-bond acceptors (Lipinski definition) is 4. The SMILES string of the molecule is O=C(O)CSC1=NC2CCCCC2N1. The number of carboxylic acid groups (broad SMARTS) is 1. The van der Waals surface area contributed by atoms with Gasteiger partial charge in [0.05, 0.1) is 17.8 Å². The van der Waals surface area contributed by atoms with Crippen LogP contribution in [0.1, 0.15) is 25.7 Å². The average molecular weight is 214 g/mol. The topological polar surface area (TPSA) is 61.7 Å². The zero-order valence-electron chi connectivity index (χ0n) is 7.90. The third-order valence-electron chi connectivity index (χ3n) is 2.65. The second-order valence-corrected chi connectivity index (χ2v) is 4.68. The van der Waals surface area contributed by atoms with Crippen LogP contribution in [0.15, 0.2) is 4.99 Å². The van der Waals surface area contributed by atoms with Crippen LogP contribution in [0.3, 0.4) is 0 Å². The third-order valence-corrected chi connectivity index (χ3v) is 3.54. The molecule has 1 fully saturated rings. The molecular weight excluding hydrogens is 200 g/mol. The highest BCUT2D eigenvalue weighted by Gasteiger charge is 2.30. The summed E-state index contributed by atoms with van der Waals surface area (Å²) in [6.45, 7) is 0. The molecule has 0 aromatic heterocycles. The van der Waals surface area contributed by atoms with Crippen molar-refractivity contribution in [3.63, 3.8) is 0 Å². The number of nitrogens with one attached hydrogen (secondary N) is 1. The van der Waals surface area contributed by atoms with E-state index >= 15 is 0 Å². The predicted molar refractivity (Wildman–Crippen MR) is 56.7 cm³/mol. The molecule has 5 heteroatoms. The van der Waals surface area contributed by atoms with E-state index in [0.717, 1.165) is 11.6 Å². The van der Waals surface area contributed by atoms with Gasteiger partial charge in [0.15, 0.2) is 5.17 Å². The molecule has 14 heavy (non-hydrogen) atoms. The number of nitrogens with zero attached hydrogens (tertiary/aromatic N) is 1. The number of amidine groups is 1. The lowest BCUT2D eigenvalue weighted by atomic mass is 9.92. The first-order valence-corrected chi connectivity index (χ1v) is 5.93. The highest BCUT2D eigenvalue weighted by Crippen LogP contribution is 2.26. The van der Waals surface area contributed by atoms with Crippen molar-refractivity contribution in [1.29, 1.82) is 0 Å². The minimum atomic E-state index is -0.783. The number of carbonyl (C=O) groups is 1. The Hall–Kier alpha value is -0.710. The molecule has 78 valence electrons. The third kappa shape index (κ3) is 2.20. The lowest BCUT2D eigenvalue weighted by molar-refractivity contribution is -0.133. The van der Waals surface area contributed by atoms with E-state index in [1.54, 1.807) is 0 Å². The fourth-order valence-electron chi connectivity index (χ4n) is 1.99. The maximum Gasteiger partial charge on any atom is 0.313 e. The Balaban J connectivity index is 1.86. The normalized spacial score (nSPS) is 30.4. The van der Waals surface area contributed by atoms with Crippen LogP contribution in [0.2, 0.25) is 0 Å². The number of carboxylic acids is 1. The van der Waals surface area contributed by atoms with E-state index < -0.39 is 5.97 Å². The zero-order chi connectivity index (χ0) is 9.97. The van der Waals surface area contributed by atoms with Gasteiger partial charge in [-0.1, -0.05) is 24.6 Å². The molecule has 0 aromatic carbocycles. The predicted octanol–water partition coefficient (Wildman–Crippen LogP) is 1.07. The minimum Gasteiger partial charge on any atom is -0.481 e. The summed E-state index contributed by atoms with van der Waals surface area (Å²) in [5.74, 6) is -0.681. The van der Waals surface area contributed by atoms with Crippen molar-refractivity contribution in [1.82, 2.24) is 5.32 Å². The van der Waals surface area contributed by atoms with E-state index in [9.17, 15) is 4.79 Å². The second-order valence-electron chi connectivity index (χ2n) is 3.72. The average Bonchev–Trinajstić information content (AvgIpc) is 2.57. The van der Waals surface area contributed by atoms with Gasteiger partial charge in [0.2, 0.25) is 0 Å². The van der Waals surface area contributed by atoms with Gasteiger partial charge < -0.3 is 10.4 Å². The number of hydrogen-bond donors (Lipinski definition) is 2. The van der Waals surface area contributed by atoms with Crippen LogP contribution in [0.25, 0.3) is 0 Å². The molecule has 1 heterocycles. The van der Waals surface area contributed by atoms with E-state index in [1.165, 1.54) is 31.0 Å². The molecule has 0 spiro atoms. The van der Waals surface area contributed by atoms with Crippen LogP contribution in [0.4, 0.5) is 0 Å². The van der Waals surface area contributed by atoms with Crippen molar-refractivity contribution < 1.29 is 9.90 Å². The van der Waals surface area contributed by atoms with Crippen LogP contribution < -0.4 is 5.32 Å². The molecule has 0 amide bonds. The Morgan fingerprint density at radius 2 is 2.36 bits per heavy atom. The van der Waals surface area contributed by atoms with Crippen LogP contribution in [-0.4, -0.2) is 34.1 Å². The molecule has 0 saturated heterocycles. The molecule has 0 aromatic rings. The number of thioether (sulfide) groups is 1. The van der Waals surface area contributed by atoms with E-state index in [-0.39, 0.29) is 5.75 Å². The number of rotatable bonds is 2. The molecule has 1 saturated carbocycles. The molecule has 2 aliphatic rings. The van der Waals surface area contributed by atoms with E-state index in [1.807, 2.05) is 0 Å². The van der Waals surface area contributed by atoms with Gasteiger partial charge in [-0.15, -0.1) is 0 Å². The van der Waals surface area contributed by atoms with Crippen molar-refractivity contribution >= 4 is 22.9 Å². The first kappa shape index (κ1) is 9.83. The van der Waals surface area contributed by atoms with Gasteiger partial charge in [-0.2, -0.15) is 0 Å². The molecule has 0 radical (unpaired) electrons. The molecule has 1 aliphatic heterocycles. The highest BCUT2D eigenvalue weighted by molar-refractivity contribution is 8.14. The summed E-state index contributed by atoms with van der Waals surface area (Å²) in [5, 5.41) is 12.7. The van der Waals surface area contributed by atoms with Gasteiger partial charge in [-0.05, 0) is 12.8 Å². The van der Waals surface area contributed by atoms with E-state index in [0.29, 0.717) is 12.1 Å². The number of aliphatic imine (C=N–C) groups is 1. The summed E-state index contributed by atoms with van der Waals surface area (Å²) in [5.41, 5.74) is 0. The highest BCUT2D eigenvalue weighted by atomic mass is 32.2. The number of fused-ring (bicyclic) bond motifs is 1. The van der Waals surface area contributed by atoms with Gasteiger partial charge in [0.25, 0.3) is 0 Å².